The van der Waals surface area contributed by atoms with E-state index >= 15 is 0 Å². The van der Waals surface area contributed by atoms with Gasteiger partial charge in [-0.25, -0.2) is 0 Å². The fourth-order valence-electron chi connectivity index (χ4n) is 3.16. The minimum atomic E-state index is -0.0792. The summed E-state index contributed by atoms with van der Waals surface area (Å²) in [6, 6.07) is 8.99. The van der Waals surface area contributed by atoms with E-state index in [0.29, 0.717) is 36.8 Å². The Labute approximate surface area is 152 Å². The smallest absolute Gasteiger partial charge is 0.255 e. The third kappa shape index (κ3) is 3.29. The van der Waals surface area contributed by atoms with Crippen LogP contribution in [-0.4, -0.2) is 52.4 Å². The predicted octanol–water partition coefficient (Wildman–Crippen LogP) is 2.89. The van der Waals surface area contributed by atoms with Crippen LogP contribution in [0.25, 0.3) is 0 Å². The van der Waals surface area contributed by atoms with Crippen LogP contribution in [0.1, 0.15) is 32.1 Å². The van der Waals surface area contributed by atoms with Crippen molar-refractivity contribution in [2.24, 2.45) is 7.05 Å². The van der Waals surface area contributed by atoms with Gasteiger partial charge in [0.2, 0.25) is 0 Å². The van der Waals surface area contributed by atoms with E-state index in [9.17, 15) is 9.59 Å². The van der Waals surface area contributed by atoms with E-state index in [1.807, 2.05) is 36.4 Å². The largest absolute Gasteiger partial charge is 0.351 e. The van der Waals surface area contributed by atoms with Gasteiger partial charge in [-0.3, -0.25) is 9.59 Å². The first kappa shape index (κ1) is 17.5. The molecule has 5 nitrogen and oxygen atoms in total. The van der Waals surface area contributed by atoms with Gasteiger partial charge in [0.15, 0.2) is 0 Å². The second-order valence-corrected chi connectivity index (χ2v) is 6.82. The standard InChI is InChI=1S/C19H22ClN3O2/c1-13-12-16(14(2)21(13)3)19(25)23-10-8-22(9-11-23)18(24)15-6-4-5-7-17(15)20/h4-7,12H,8-11H2,1-3H3. The van der Waals surface area contributed by atoms with Crippen LogP contribution in [0, 0.1) is 13.8 Å². The molecule has 0 saturated carbocycles. The third-order valence-corrected chi connectivity index (χ3v) is 5.29. The number of rotatable bonds is 2. The molecular weight excluding hydrogens is 338 g/mol. The van der Waals surface area contributed by atoms with Gasteiger partial charge in [-0.1, -0.05) is 23.7 Å². The van der Waals surface area contributed by atoms with Gasteiger partial charge in [0.1, 0.15) is 0 Å². The van der Waals surface area contributed by atoms with Gasteiger partial charge >= 0.3 is 0 Å². The Morgan fingerprint density at radius 2 is 1.44 bits per heavy atom. The molecule has 3 rings (SSSR count). The first-order chi connectivity index (χ1) is 11.9. The highest BCUT2D eigenvalue weighted by Crippen LogP contribution is 2.20. The van der Waals surface area contributed by atoms with Crippen LogP contribution in [0.15, 0.2) is 30.3 Å². The van der Waals surface area contributed by atoms with Crippen molar-refractivity contribution in [2.45, 2.75) is 13.8 Å². The molecule has 1 aromatic carbocycles. The van der Waals surface area contributed by atoms with E-state index in [1.54, 1.807) is 29.2 Å². The molecule has 1 fully saturated rings. The quantitative estimate of drug-likeness (QED) is 0.827. The van der Waals surface area contributed by atoms with Crippen LogP contribution in [0.3, 0.4) is 0 Å². The summed E-state index contributed by atoms with van der Waals surface area (Å²) in [6.07, 6.45) is 0. The molecule has 0 N–H and O–H groups in total. The SMILES string of the molecule is Cc1cc(C(=O)N2CCN(C(=O)c3ccccc3Cl)CC2)c(C)n1C. The highest BCUT2D eigenvalue weighted by Gasteiger charge is 2.27. The van der Waals surface area contributed by atoms with Crippen molar-refractivity contribution in [3.05, 3.63) is 57.9 Å². The van der Waals surface area contributed by atoms with Gasteiger partial charge < -0.3 is 14.4 Å². The average Bonchev–Trinajstić information content (AvgIpc) is 2.88. The minimum Gasteiger partial charge on any atom is -0.351 e. The Kier molecular flexibility index (Phi) is 4.86. The van der Waals surface area contributed by atoms with Crippen LogP contribution in [0.5, 0.6) is 0 Å². The van der Waals surface area contributed by atoms with Crippen molar-refractivity contribution in [3.63, 3.8) is 0 Å². The van der Waals surface area contributed by atoms with E-state index < -0.39 is 0 Å². The predicted molar refractivity (Wildman–Crippen MR) is 98.1 cm³/mol. The summed E-state index contributed by atoms with van der Waals surface area (Å²) in [6.45, 7) is 6.04. The van der Waals surface area contributed by atoms with Crippen molar-refractivity contribution in [1.29, 1.82) is 0 Å². The van der Waals surface area contributed by atoms with E-state index in [4.69, 9.17) is 11.6 Å². The lowest BCUT2D eigenvalue weighted by molar-refractivity contribution is 0.0535. The minimum absolute atomic E-state index is 0.0334. The topological polar surface area (TPSA) is 45.6 Å². The lowest BCUT2D eigenvalue weighted by atomic mass is 10.1. The number of benzene rings is 1. The molecule has 0 radical (unpaired) electrons. The Morgan fingerprint density at radius 1 is 0.920 bits per heavy atom. The Balaban J connectivity index is 1.67. The fraction of sp³-hybridized carbons (Fsp3) is 0.368. The van der Waals surface area contributed by atoms with Crippen molar-refractivity contribution in [2.75, 3.05) is 26.2 Å². The van der Waals surface area contributed by atoms with Gasteiger partial charge in [-0.2, -0.15) is 0 Å². The molecule has 2 aromatic rings. The Hall–Kier alpha value is -2.27. The molecule has 6 heteroatoms. The molecule has 1 aliphatic rings. The van der Waals surface area contributed by atoms with Gasteiger partial charge in [0, 0.05) is 44.6 Å². The van der Waals surface area contributed by atoms with E-state index in [1.165, 1.54) is 0 Å². The molecule has 1 aromatic heterocycles. The zero-order chi connectivity index (χ0) is 18.1. The Morgan fingerprint density at radius 3 is 1.92 bits per heavy atom. The maximum absolute atomic E-state index is 12.8. The van der Waals surface area contributed by atoms with Gasteiger partial charge in [-0.05, 0) is 32.0 Å². The van der Waals surface area contributed by atoms with Crippen LogP contribution in [-0.2, 0) is 7.05 Å². The molecule has 1 saturated heterocycles. The van der Waals surface area contributed by atoms with Crippen molar-refractivity contribution < 1.29 is 9.59 Å². The van der Waals surface area contributed by atoms with E-state index in [2.05, 4.69) is 0 Å². The Bertz CT molecular complexity index is 820. The average molecular weight is 360 g/mol. The molecule has 0 aliphatic carbocycles. The maximum Gasteiger partial charge on any atom is 0.255 e. The number of carbonyl (C=O) groups excluding carboxylic acids is 2. The summed E-state index contributed by atoms with van der Waals surface area (Å²) >= 11 is 6.12. The summed E-state index contributed by atoms with van der Waals surface area (Å²) in [5.74, 6) is -0.0459. The first-order valence-corrected chi connectivity index (χ1v) is 8.74. The number of carbonyl (C=O) groups is 2. The number of amides is 2. The summed E-state index contributed by atoms with van der Waals surface area (Å²) in [4.78, 5) is 29.0. The number of nitrogens with zero attached hydrogens (tertiary/aromatic N) is 3. The fourth-order valence-corrected chi connectivity index (χ4v) is 3.38. The summed E-state index contributed by atoms with van der Waals surface area (Å²) in [5, 5.41) is 0.460. The molecule has 25 heavy (non-hydrogen) atoms. The molecule has 0 unspecified atom stereocenters. The van der Waals surface area contributed by atoms with Gasteiger partial charge in [0.25, 0.3) is 11.8 Å². The zero-order valence-corrected chi connectivity index (χ0v) is 15.5. The lowest BCUT2D eigenvalue weighted by Crippen LogP contribution is -2.50. The molecule has 2 heterocycles. The zero-order valence-electron chi connectivity index (χ0n) is 14.8. The van der Waals surface area contributed by atoms with Gasteiger partial charge in [0.05, 0.1) is 16.1 Å². The van der Waals surface area contributed by atoms with Crippen molar-refractivity contribution in [1.82, 2.24) is 14.4 Å². The summed E-state index contributed by atoms with van der Waals surface area (Å²) in [7, 11) is 1.96. The normalized spacial score (nSPS) is 14.7. The van der Waals surface area contributed by atoms with Crippen LogP contribution < -0.4 is 0 Å². The number of hydrogen-bond acceptors (Lipinski definition) is 2. The third-order valence-electron chi connectivity index (χ3n) is 4.96. The molecule has 132 valence electrons. The van der Waals surface area contributed by atoms with Crippen LogP contribution in [0.2, 0.25) is 5.02 Å². The summed E-state index contributed by atoms with van der Waals surface area (Å²) in [5.41, 5.74) is 3.29. The second kappa shape index (κ2) is 6.92. The maximum atomic E-state index is 12.8. The van der Waals surface area contributed by atoms with Crippen LogP contribution in [0.4, 0.5) is 0 Å². The molecule has 1 aliphatic heterocycles. The molecular formula is C19H22ClN3O2. The highest BCUT2D eigenvalue weighted by atomic mass is 35.5. The number of aromatic nitrogens is 1. The van der Waals surface area contributed by atoms with E-state index in [-0.39, 0.29) is 11.8 Å². The number of hydrogen-bond donors (Lipinski definition) is 0. The molecule has 0 spiro atoms. The first-order valence-electron chi connectivity index (χ1n) is 8.36. The highest BCUT2D eigenvalue weighted by molar-refractivity contribution is 6.33. The lowest BCUT2D eigenvalue weighted by Gasteiger charge is -2.35. The number of aryl methyl sites for hydroxylation is 1. The van der Waals surface area contributed by atoms with E-state index in [0.717, 1.165) is 17.0 Å². The van der Waals surface area contributed by atoms with Gasteiger partial charge in [-0.15, -0.1) is 0 Å². The number of halogens is 1. The van der Waals surface area contributed by atoms with Crippen molar-refractivity contribution >= 4 is 23.4 Å². The summed E-state index contributed by atoms with van der Waals surface area (Å²) < 4.78 is 2.02. The molecule has 0 atom stereocenters. The number of piperazine rings is 1. The molecule has 0 bridgehead atoms. The monoisotopic (exact) mass is 359 g/mol. The molecule has 2 amide bonds. The van der Waals surface area contributed by atoms with Crippen LogP contribution >= 0.6 is 11.6 Å². The van der Waals surface area contributed by atoms with Crippen molar-refractivity contribution in [3.8, 4) is 0 Å². The second-order valence-electron chi connectivity index (χ2n) is 6.41.